The summed E-state index contributed by atoms with van der Waals surface area (Å²) in [7, 11) is 0. The summed E-state index contributed by atoms with van der Waals surface area (Å²) in [5.74, 6) is 0. The van der Waals surface area contributed by atoms with Gasteiger partial charge in [0.2, 0.25) is 0 Å². The van der Waals surface area contributed by atoms with Gasteiger partial charge in [-0.25, -0.2) is 0 Å². The molecule has 0 spiro atoms. The van der Waals surface area contributed by atoms with Crippen molar-refractivity contribution >= 4 is 17.7 Å². The van der Waals surface area contributed by atoms with Gasteiger partial charge in [0, 0.05) is 12.1 Å². The number of thiocarbonyl (C=S) groups is 1. The van der Waals surface area contributed by atoms with Crippen LogP contribution in [0.1, 0.15) is 34.1 Å². The first-order chi connectivity index (χ1) is 4.58. The van der Waals surface area contributed by atoms with E-state index in [0.29, 0.717) is 0 Å². The highest BCUT2D eigenvalue weighted by Crippen LogP contribution is 2.15. The molecule has 0 atom stereocenters. The Morgan fingerprint density at radius 1 is 1.40 bits per heavy atom. The molecule has 2 heteroatoms. The molecule has 10 heavy (non-hydrogen) atoms. The lowest BCUT2D eigenvalue weighted by atomic mass is 10.0. The Hall–Kier alpha value is -0.110. The van der Waals surface area contributed by atoms with Crippen molar-refractivity contribution in [2.24, 2.45) is 0 Å². The van der Waals surface area contributed by atoms with Gasteiger partial charge >= 0.3 is 0 Å². The lowest BCUT2D eigenvalue weighted by Crippen LogP contribution is -2.41. The van der Waals surface area contributed by atoms with Crippen LogP contribution in [0.4, 0.5) is 0 Å². The Labute approximate surface area is 69.4 Å². The molecule has 0 saturated carbocycles. The van der Waals surface area contributed by atoms with Crippen LogP contribution in [0.5, 0.6) is 0 Å². The molecule has 1 nitrogen and oxygen atoms in total. The Morgan fingerprint density at radius 3 is 2.00 bits per heavy atom. The van der Waals surface area contributed by atoms with Crippen molar-refractivity contribution in [2.45, 2.75) is 39.7 Å². The van der Waals surface area contributed by atoms with Crippen molar-refractivity contribution in [3.8, 4) is 0 Å². The minimum absolute atomic E-state index is 0.177. The van der Waals surface area contributed by atoms with Gasteiger partial charge in [-0.3, -0.25) is 0 Å². The van der Waals surface area contributed by atoms with Crippen LogP contribution in [-0.2, 0) is 0 Å². The van der Waals surface area contributed by atoms with E-state index in [-0.39, 0.29) is 5.54 Å². The third-order valence-electron chi connectivity index (χ3n) is 2.02. The van der Waals surface area contributed by atoms with Gasteiger partial charge in [0.15, 0.2) is 0 Å². The summed E-state index contributed by atoms with van der Waals surface area (Å²) >= 11 is 4.76. The second-order valence-corrected chi connectivity index (χ2v) is 3.18. The normalized spacial score (nSPS) is 11.2. The van der Waals surface area contributed by atoms with Gasteiger partial charge in [-0.2, -0.15) is 0 Å². The summed E-state index contributed by atoms with van der Waals surface area (Å²) < 4.78 is 0. The van der Waals surface area contributed by atoms with Crippen LogP contribution in [0.2, 0.25) is 0 Å². The quantitative estimate of drug-likeness (QED) is 0.456. The van der Waals surface area contributed by atoms with E-state index in [2.05, 4.69) is 38.1 Å². The van der Waals surface area contributed by atoms with E-state index in [1.165, 1.54) is 0 Å². The van der Waals surface area contributed by atoms with Crippen molar-refractivity contribution in [1.29, 1.82) is 0 Å². The van der Waals surface area contributed by atoms with E-state index in [4.69, 9.17) is 12.2 Å². The Morgan fingerprint density at radius 2 is 1.90 bits per heavy atom. The Balaban J connectivity index is 4.10. The Bertz CT molecular complexity index is 110. The average Bonchev–Trinajstić information content (AvgIpc) is 1.90. The fourth-order valence-electron chi connectivity index (χ4n) is 0.807. The molecule has 0 saturated heterocycles. The molecule has 0 rings (SSSR count). The molecule has 0 aromatic heterocycles. The molecule has 0 aromatic carbocycles. The van der Waals surface area contributed by atoms with E-state index in [1.807, 2.05) is 0 Å². The molecular formula is C8H16NS. The molecule has 0 aliphatic rings. The van der Waals surface area contributed by atoms with Gasteiger partial charge in [-0.1, -0.05) is 19.1 Å². The molecule has 0 aromatic rings. The maximum Gasteiger partial charge on any atom is 0.137 e. The molecule has 0 amide bonds. The van der Waals surface area contributed by atoms with Crippen LogP contribution in [0.15, 0.2) is 0 Å². The molecule has 0 aliphatic heterocycles. The molecular weight excluding hydrogens is 142 g/mol. The van der Waals surface area contributed by atoms with Crippen LogP contribution in [-0.4, -0.2) is 22.5 Å². The van der Waals surface area contributed by atoms with E-state index < -0.39 is 0 Å². The minimum Gasteiger partial charge on any atom is -0.356 e. The molecule has 0 bridgehead atoms. The van der Waals surface area contributed by atoms with Crippen molar-refractivity contribution in [3.63, 3.8) is 0 Å². The second-order valence-electron chi connectivity index (χ2n) is 3.00. The molecule has 1 radical (unpaired) electrons. The summed E-state index contributed by atoms with van der Waals surface area (Å²) in [6.45, 7) is 9.56. The second kappa shape index (κ2) is 3.91. The SMILES string of the molecule is CCN([C]=S)C(C)(C)CC. The van der Waals surface area contributed by atoms with Gasteiger partial charge in [0.1, 0.15) is 5.49 Å². The Kier molecular flexibility index (Phi) is 3.87. The summed E-state index contributed by atoms with van der Waals surface area (Å²) in [6.07, 6.45) is 1.10. The fraction of sp³-hybridized carbons (Fsp3) is 0.875. The highest BCUT2D eigenvalue weighted by molar-refractivity contribution is 7.78. The predicted molar refractivity (Wildman–Crippen MR) is 49.3 cm³/mol. The van der Waals surface area contributed by atoms with Gasteiger partial charge in [-0.15, -0.1) is 0 Å². The smallest absolute Gasteiger partial charge is 0.137 e. The number of rotatable bonds is 4. The van der Waals surface area contributed by atoms with E-state index in [9.17, 15) is 0 Å². The summed E-state index contributed by atoms with van der Waals surface area (Å²) in [5, 5.41) is 0. The molecule has 59 valence electrons. The predicted octanol–water partition coefficient (Wildman–Crippen LogP) is 2.33. The van der Waals surface area contributed by atoms with Crippen molar-refractivity contribution in [1.82, 2.24) is 4.90 Å². The highest BCUT2D eigenvalue weighted by Gasteiger charge is 2.20. The summed E-state index contributed by atoms with van der Waals surface area (Å²) in [4.78, 5) is 2.06. The molecule has 0 N–H and O–H groups in total. The molecule has 0 unspecified atom stereocenters. The van der Waals surface area contributed by atoms with Crippen molar-refractivity contribution < 1.29 is 0 Å². The third-order valence-corrected chi connectivity index (χ3v) is 2.24. The third kappa shape index (κ3) is 2.25. The first-order valence-electron chi connectivity index (χ1n) is 3.74. The lowest BCUT2D eigenvalue weighted by molar-refractivity contribution is 0.227. The summed E-state index contributed by atoms with van der Waals surface area (Å²) in [6, 6.07) is 0. The standard InChI is InChI=1S/C8H16NS/c1-5-8(3,4)9(6-2)7-10/h5-6H2,1-4H3. The fourth-order valence-corrected chi connectivity index (χ4v) is 1.18. The number of nitrogens with zero attached hydrogens (tertiary/aromatic N) is 1. The molecule has 0 aliphatic carbocycles. The first-order valence-corrected chi connectivity index (χ1v) is 4.14. The van der Waals surface area contributed by atoms with Crippen LogP contribution in [0.3, 0.4) is 0 Å². The monoisotopic (exact) mass is 158 g/mol. The van der Waals surface area contributed by atoms with Crippen LogP contribution in [0, 0.1) is 0 Å². The number of hydrogen-bond donors (Lipinski definition) is 0. The van der Waals surface area contributed by atoms with E-state index >= 15 is 0 Å². The maximum atomic E-state index is 4.76. The first kappa shape index (κ1) is 9.89. The highest BCUT2D eigenvalue weighted by atomic mass is 32.1. The maximum absolute atomic E-state index is 4.76. The van der Waals surface area contributed by atoms with E-state index in [0.717, 1.165) is 13.0 Å². The van der Waals surface area contributed by atoms with E-state index in [1.54, 1.807) is 0 Å². The molecule has 0 fully saturated rings. The van der Waals surface area contributed by atoms with Crippen molar-refractivity contribution in [3.05, 3.63) is 0 Å². The lowest BCUT2D eigenvalue weighted by Gasteiger charge is -2.34. The van der Waals surface area contributed by atoms with Crippen LogP contribution < -0.4 is 0 Å². The zero-order valence-corrected chi connectivity index (χ0v) is 8.09. The zero-order chi connectivity index (χ0) is 8.20. The zero-order valence-electron chi connectivity index (χ0n) is 7.27. The van der Waals surface area contributed by atoms with Crippen LogP contribution >= 0.6 is 12.2 Å². The van der Waals surface area contributed by atoms with Gasteiger partial charge in [0.25, 0.3) is 0 Å². The average molecular weight is 158 g/mol. The van der Waals surface area contributed by atoms with Crippen LogP contribution in [0.25, 0.3) is 0 Å². The summed E-state index contributed by atoms with van der Waals surface area (Å²) in [5.41, 5.74) is 2.94. The van der Waals surface area contributed by atoms with Gasteiger partial charge < -0.3 is 4.90 Å². The van der Waals surface area contributed by atoms with Gasteiger partial charge in [0.05, 0.1) is 0 Å². The molecule has 0 heterocycles. The van der Waals surface area contributed by atoms with Crippen molar-refractivity contribution in [2.75, 3.05) is 6.54 Å². The topological polar surface area (TPSA) is 3.24 Å². The minimum atomic E-state index is 0.177. The largest absolute Gasteiger partial charge is 0.356 e. The van der Waals surface area contributed by atoms with Gasteiger partial charge in [-0.05, 0) is 27.2 Å². The number of hydrogen-bond acceptors (Lipinski definition) is 1.